The lowest BCUT2D eigenvalue weighted by molar-refractivity contribution is 0.0177. The monoisotopic (exact) mass is 553 g/mol. The third-order valence-corrected chi connectivity index (χ3v) is 7.73. The van der Waals surface area contributed by atoms with Crippen molar-refractivity contribution in [2.45, 2.75) is 45.8 Å². The van der Waals surface area contributed by atoms with Crippen molar-refractivity contribution < 1.29 is 9.53 Å². The quantitative estimate of drug-likeness (QED) is 0.283. The maximum absolute atomic E-state index is 12.3. The van der Waals surface area contributed by atoms with Crippen molar-refractivity contribution in [2.75, 3.05) is 13.1 Å². The van der Waals surface area contributed by atoms with Crippen molar-refractivity contribution in [3.63, 3.8) is 0 Å². The highest BCUT2D eigenvalue weighted by Gasteiger charge is 2.27. The topological polar surface area (TPSA) is 73.1 Å². The molecule has 4 heterocycles. The molecule has 0 unspecified atom stereocenters. The van der Waals surface area contributed by atoms with Crippen LogP contribution in [0.25, 0.3) is 32.7 Å². The van der Waals surface area contributed by atoms with Crippen LogP contribution in [0.15, 0.2) is 52.7 Å². The first-order valence-electron chi connectivity index (χ1n) is 11.8. The van der Waals surface area contributed by atoms with E-state index in [1.807, 2.05) is 35.7 Å². The van der Waals surface area contributed by atoms with Gasteiger partial charge in [-0.1, -0.05) is 12.1 Å². The third-order valence-electron chi connectivity index (χ3n) is 6.02. The fourth-order valence-corrected chi connectivity index (χ4v) is 5.66. The Bertz CT molecular complexity index is 1350. The Morgan fingerprint density at radius 3 is 2.66 bits per heavy atom. The van der Waals surface area contributed by atoms with Gasteiger partial charge in [0.2, 0.25) is 0 Å². The Labute approximate surface area is 217 Å². The minimum absolute atomic E-state index is 0.216. The summed E-state index contributed by atoms with van der Waals surface area (Å²) in [6.07, 6.45) is 7.37. The van der Waals surface area contributed by atoms with Crippen LogP contribution in [0.4, 0.5) is 4.79 Å². The molecule has 0 saturated carbocycles. The molecule has 1 amide bonds. The van der Waals surface area contributed by atoms with Crippen LogP contribution < -0.4 is 0 Å². The second-order valence-electron chi connectivity index (χ2n) is 9.95. The average molecular weight is 555 g/mol. The molecule has 5 rings (SSSR count). The summed E-state index contributed by atoms with van der Waals surface area (Å²) in [5, 5.41) is 7.99. The van der Waals surface area contributed by atoms with E-state index in [9.17, 15) is 4.79 Å². The van der Waals surface area contributed by atoms with Gasteiger partial charge in [0.25, 0.3) is 0 Å². The first-order valence-corrected chi connectivity index (χ1v) is 13.4. The Hall–Kier alpha value is -2.78. The summed E-state index contributed by atoms with van der Waals surface area (Å²) in [5.41, 5.74) is 3.17. The highest BCUT2D eigenvalue weighted by Crippen LogP contribution is 2.30. The van der Waals surface area contributed by atoms with E-state index < -0.39 is 5.60 Å². The second kappa shape index (κ2) is 9.70. The molecule has 1 aromatic carbocycles. The van der Waals surface area contributed by atoms with E-state index in [-0.39, 0.29) is 6.09 Å². The van der Waals surface area contributed by atoms with Crippen molar-refractivity contribution in [3.8, 4) is 21.8 Å². The summed E-state index contributed by atoms with van der Waals surface area (Å²) in [7, 11) is 0. The van der Waals surface area contributed by atoms with E-state index in [4.69, 9.17) is 14.8 Å². The van der Waals surface area contributed by atoms with Gasteiger partial charge in [-0.25, -0.2) is 9.78 Å². The number of thiophene rings is 1. The molecular formula is C26H28BrN5O2S. The zero-order valence-corrected chi connectivity index (χ0v) is 22.5. The highest BCUT2D eigenvalue weighted by molar-refractivity contribution is 9.10. The van der Waals surface area contributed by atoms with Gasteiger partial charge in [-0.2, -0.15) is 5.10 Å². The maximum Gasteiger partial charge on any atom is 0.410 e. The Morgan fingerprint density at radius 2 is 1.94 bits per heavy atom. The molecule has 0 atom stereocenters. The van der Waals surface area contributed by atoms with Crippen LogP contribution in [-0.2, 0) is 11.3 Å². The van der Waals surface area contributed by atoms with Crippen molar-refractivity contribution in [1.29, 1.82) is 0 Å². The number of piperidine rings is 1. The van der Waals surface area contributed by atoms with E-state index in [1.165, 1.54) is 0 Å². The highest BCUT2D eigenvalue weighted by atomic mass is 79.9. The van der Waals surface area contributed by atoms with Gasteiger partial charge in [0, 0.05) is 46.6 Å². The van der Waals surface area contributed by atoms with Gasteiger partial charge in [0.05, 0.1) is 34.2 Å². The number of amides is 1. The van der Waals surface area contributed by atoms with E-state index in [0.717, 1.165) is 69.7 Å². The zero-order valence-electron chi connectivity index (χ0n) is 20.1. The molecule has 4 aromatic rings. The molecule has 0 bridgehead atoms. The molecule has 1 saturated heterocycles. The average Bonchev–Trinajstić information content (AvgIpc) is 3.43. The van der Waals surface area contributed by atoms with Crippen molar-refractivity contribution in [1.82, 2.24) is 24.6 Å². The van der Waals surface area contributed by atoms with Crippen LogP contribution in [0, 0.1) is 5.92 Å². The van der Waals surface area contributed by atoms with Gasteiger partial charge < -0.3 is 9.64 Å². The molecule has 9 heteroatoms. The summed E-state index contributed by atoms with van der Waals surface area (Å²) < 4.78 is 8.59. The van der Waals surface area contributed by atoms with Crippen LogP contribution in [0.2, 0.25) is 0 Å². The summed E-state index contributed by atoms with van der Waals surface area (Å²) in [5.74, 6) is 0.482. The number of fused-ring (bicyclic) bond motifs is 1. The number of rotatable bonds is 4. The predicted molar refractivity (Wildman–Crippen MR) is 142 cm³/mol. The minimum atomic E-state index is -0.462. The molecule has 1 aliphatic heterocycles. The molecule has 0 N–H and O–H groups in total. The SMILES string of the molecule is CC(C)(C)OC(=O)N1CCC(Cn2cc3ccc(-c4cncc(-c5cc(Br)cs5)n4)cc3n2)CC1. The van der Waals surface area contributed by atoms with Gasteiger partial charge in [-0.3, -0.25) is 9.67 Å². The number of hydrogen-bond donors (Lipinski definition) is 0. The zero-order chi connectivity index (χ0) is 24.6. The maximum atomic E-state index is 12.3. The number of carbonyl (C=O) groups excluding carboxylic acids is 1. The van der Waals surface area contributed by atoms with Gasteiger partial charge in [0.1, 0.15) is 5.60 Å². The van der Waals surface area contributed by atoms with E-state index >= 15 is 0 Å². The molecule has 0 aliphatic carbocycles. The standard InChI is InChI=1S/C26H28BrN5O2S/c1-26(2,3)34-25(33)31-8-6-17(7-9-31)14-32-15-19-5-4-18(10-21(19)30-32)22-12-28-13-23(29-22)24-11-20(27)16-35-24/h4-5,10-13,15-17H,6-9,14H2,1-3H3. The number of ether oxygens (including phenoxy) is 1. The number of halogens is 1. The number of aromatic nitrogens is 4. The third kappa shape index (κ3) is 5.73. The summed E-state index contributed by atoms with van der Waals surface area (Å²) in [4.78, 5) is 24.5. The number of nitrogens with zero attached hydrogens (tertiary/aromatic N) is 5. The van der Waals surface area contributed by atoms with E-state index in [0.29, 0.717) is 5.92 Å². The minimum Gasteiger partial charge on any atom is -0.444 e. The molecule has 0 radical (unpaired) electrons. The fraction of sp³-hybridized carbons (Fsp3) is 0.385. The molecule has 182 valence electrons. The Morgan fingerprint density at radius 1 is 1.17 bits per heavy atom. The van der Waals surface area contributed by atoms with Crippen molar-refractivity contribution >= 4 is 44.3 Å². The molecule has 3 aromatic heterocycles. The lowest BCUT2D eigenvalue weighted by atomic mass is 9.97. The van der Waals surface area contributed by atoms with Gasteiger partial charge in [0.15, 0.2) is 0 Å². The lowest BCUT2D eigenvalue weighted by Crippen LogP contribution is -2.42. The molecule has 1 fully saturated rings. The fourth-order valence-electron chi connectivity index (χ4n) is 4.28. The Kier molecular flexibility index (Phi) is 6.63. The van der Waals surface area contributed by atoms with Crippen molar-refractivity contribution in [2.24, 2.45) is 5.92 Å². The lowest BCUT2D eigenvalue weighted by Gasteiger charge is -2.33. The molecule has 7 nitrogen and oxygen atoms in total. The summed E-state index contributed by atoms with van der Waals surface area (Å²) in [6, 6.07) is 8.30. The summed E-state index contributed by atoms with van der Waals surface area (Å²) >= 11 is 5.14. The first-order chi connectivity index (χ1) is 16.7. The Balaban J connectivity index is 1.26. The van der Waals surface area contributed by atoms with Gasteiger partial charge in [-0.15, -0.1) is 11.3 Å². The molecule has 0 spiro atoms. The number of hydrogen-bond acceptors (Lipinski definition) is 6. The summed E-state index contributed by atoms with van der Waals surface area (Å²) in [6.45, 7) is 7.99. The molecule has 1 aliphatic rings. The van der Waals surface area contributed by atoms with E-state index in [1.54, 1.807) is 23.7 Å². The smallest absolute Gasteiger partial charge is 0.410 e. The normalized spacial score (nSPS) is 15.0. The largest absolute Gasteiger partial charge is 0.444 e. The van der Waals surface area contributed by atoms with Crippen molar-refractivity contribution in [3.05, 3.63) is 52.7 Å². The number of carbonyl (C=O) groups is 1. The predicted octanol–water partition coefficient (Wildman–Crippen LogP) is 6.63. The molecular weight excluding hydrogens is 526 g/mol. The van der Waals surface area contributed by atoms with Crippen LogP contribution >= 0.6 is 27.3 Å². The first kappa shape index (κ1) is 23.9. The second-order valence-corrected chi connectivity index (χ2v) is 11.8. The van der Waals surface area contributed by atoms with E-state index in [2.05, 4.69) is 51.4 Å². The van der Waals surface area contributed by atoms with Crippen LogP contribution in [0.5, 0.6) is 0 Å². The van der Waals surface area contributed by atoms with Gasteiger partial charge in [-0.05, 0) is 67.6 Å². The molecule has 35 heavy (non-hydrogen) atoms. The van der Waals surface area contributed by atoms with Crippen LogP contribution in [0.1, 0.15) is 33.6 Å². The van der Waals surface area contributed by atoms with Crippen LogP contribution in [0.3, 0.4) is 0 Å². The van der Waals surface area contributed by atoms with Gasteiger partial charge >= 0.3 is 6.09 Å². The number of likely N-dealkylation sites (tertiary alicyclic amines) is 1. The van der Waals surface area contributed by atoms with Crippen LogP contribution in [-0.4, -0.2) is 49.4 Å². The number of benzene rings is 1.